The van der Waals surface area contributed by atoms with Gasteiger partial charge in [-0.1, -0.05) is 0 Å². The number of hydrogen-bond acceptors (Lipinski definition) is 2. The second kappa shape index (κ2) is 3.93. The van der Waals surface area contributed by atoms with Crippen molar-refractivity contribution in [2.24, 2.45) is 5.10 Å². The molecule has 1 aliphatic rings. The van der Waals surface area contributed by atoms with Crippen molar-refractivity contribution in [1.82, 2.24) is 5.43 Å². The molecule has 0 atom stereocenters. The molecule has 0 aromatic heterocycles. The van der Waals surface area contributed by atoms with Crippen LogP contribution in [-0.2, 0) is 4.79 Å². The van der Waals surface area contributed by atoms with E-state index >= 15 is 0 Å². The average molecular weight is 212 g/mol. The highest BCUT2D eigenvalue weighted by atomic mass is 16.2. The third-order valence-electron chi connectivity index (χ3n) is 2.47. The number of nitrogens with one attached hydrogen (secondary N) is 1. The van der Waals surface area contributed by atoms with E-state index in [0.717, 1.165) is 18.6 Å². The maximum atomic E-state index is 10.8. The number of hydrogen-bond donors (Lipinski definition) is 2. The Bertz CT molecular complexity index is 274. The Kier molecular flexibility index (Phi) is 3.19. The molecular weight excluding hydrogens is 190 g/mol. The monoisotopic (exact) mass is 212 g/mol. The Morgan fingerprint density at radius 1 is 1.27 bits per heavy atom. The summed E-state index contributed by atoms with van der Waals surface area (Å²) in [4.78, 5) is 10.8. The van der Waals surface area contributed by atoms with Crippen LogP contribution in [0.5, 0.6) is 0 Å². The number of nitrogens with two attached hydrogens (primary N) is 1. The molecule has 1 rings (SSSR count). The maximum absolute atomic E-state index is 10.8. The van der Waals surface area contributed by atoms with Gasteiger partial charge in [-0.3, -0.25) is 4.79 Å². The van der Waals surface area contributed by atoms with Gasteiger partial charge in [0.25, 0.3) is 0 Å². The van der Waals surface area contributed by atoms with Crippen molar-refractivity contribution in [3.05, 3.63) is 0 Å². The summed E-state index contributed by atoms with van der Waals surface area (Å²) in [6.45, 7) is 10.3. The minimum absolute atomic E-state index is 0.104. The SMILES string of the molecule is CC(=O)NN=C1CC(C)(C)[NH2+]C(C)(C)C1. The van der Waals surface area contributed by atoms with Crippen molar-refractivity contribution < 1.29 is 10.1 Å². The fraction of sp³-hybridized carbons (Fsp3) is 0.818. The lowest BCUT2D eigenvalue weighted by molar-refractivity contribution is -0.780. The fourth-order valence-electron chi connectivity index (χ4n) is 2.51. The zero-order chi connectivity index (χ0) is 11.7. The Morgan fingerprint density at radius 2 is 1.73 bits per heavy atom. The molecule has 15 heavy (non-hydrogen) atoms. The molecule has 1 heterocycles. The number of carbonyl (C=O) groups excluding carboxylic acids is 1. The van der Waals surface area contributed by atoms with Crippen molar-refractivity contribution in [3.8, 4) is 0 Å². The van der Waals surface area contributed by atoms with E-state index in [1.54, 1.807) is 0 Å². The molecule has 1 aliphatic heterocycles. The first-order chi connectivity index (χ1) is 6.70. The summed E-state index contributed by atoms with van der Waals surface area (Å²) in [5.41, 5.74) is 3.94. The molecule has 0 bridgehead atoms. The third-order valence-corrected chi connectivity index (χ3v) is 2.47. The van der Waals surface area contributed by atoms with Gasteiger partial charge in [0.2, 0.25) is 5.91 Å². The Balaban J connectivity index is 2.75. The van der Waals surface area contributed by atoms with Crippen LogP contribution in [0.2, 0.25) is 0 Å². The average Bonchev–Trinajstić information content (AvgIpc) is 1.94. The van der Waals surface area contributed by atoms with Gasteiger partial charge in [0.05, 0.1) is 16.8 Å². The second-order valence-corrected chi connectivity index (χ2v) is 5.82. The lowest BCUT2D eigenvalue weighted by Gasteiger charge is -2.39. The van der Waals surface area contributed by atoms with Crippen LogP contribution in [0, 0.1) is 0 Å². The van der Waals surface area contributed by atoms with E-state index in [4.69, 9.17) is 0 Å². The topological polar surface area (TPSA) is 58.1 Å². The summed E-state index contributed by atoms with van der Waals surface area (Å²) < 4.78 is 0. The first-order valence-corrected chi connectivity index (χ1v) is 5.39. The van der Waals surface area contributed by atoms with E-state index in [1.807, 2.05) is 0 Å². The normalized spacial score (nSPS) is 23.4. The standard InChI is InChI=1S/C11H21N3O/c1-8(15)12-13-9-6-10(2,3)14-11(4,5)7-9/h14H,6-7H2,1-5H3,(H,12,15)/p+1. The Hall–Kier alpha value is -0.900. The predicted octanol–water partition coefficient (Wildman–Crippen LogP) is 0.393. The molecule has 1 amide bonds. The number of quaternary nitrogens is 1. The Labute approximate surface area is 91.5 Å². The number of carbonyl (C=O) groups is 1. The van der Waals surface area contributed by atoms with Crippen LogP contribution in [0.3, 0.4) is 0 Å². The third kappa shape index (κ3) is 4.00. The molecule has 0 aromatic rings. The summed E-state index contributed by atoms with van der Waals surface area (Å²) in [7, 11) is 0. The molecule has 0 saturated carbocycles. The molecule has 4 nitrogen and oxygen atoms in total. The van der Waals surface area contributed by atoms with E-state index in [0.29, 0.717) is 0 Å². The molecule has 1 fully saturated rings. The molecule has 0 unspecified atom stereocenters. The van der Waals surface area contributed by atoms with E-state index in [-0.39, 0.29) is 17.0 Å². The van der Waals surface area contributed by atoms with Gasteiger partial charge in [0.15, 0.2) is 0 Å². The Morgan fingerprint density at radius 3 is 2.13 bits per heavy atom. The van der Waals surface area contributed by atoms with Crippen LogP contribution >= 0.6 is 0 Å². The van der Waals surface area contributed by atoms with Crippen LogP contribution in [0.4, 0.5) is 0 Å². The molecule has 0 spiro atoms. The van der Waals surface area contributed by atoms with Crippen LogP contribution in [-0.4, -0.2) is 22.7 Å². The van der Waals surface area contributed by atoms with Gasteiger partial charge in [-0.15, -0.1) is 0 Å². The summed E-state index contributed by atoms with van der Waals surface area (Å²) in [6.07, 6.45) is 1.85. The van der Waals surface area contributed by atoms with Gasteiger partial charge >= 0.3 is 0 Å². The highest BCUT2D eigenvalue weighted by Crippen LogP contribution is 2.18. The molecular formula is C11H22N3O+. The summed E-state index contributed by atoms with van der Waals surface area (Å²) in [5, 5.41) is 6.55. The minimum atomic E-state index is -0.104. The molecule has 0 radical (unpaired) electrons. The first kappa shape index (κ1) is 12.2. The molecule has 4 heteroatoms. The van der Waals surface area contributed by atoms with Gasteiger partial charge < -0.3 is 5.32 Å². The van der Waals surface area contributed by atoms with Crippen LogP contribution < -0.4 is 10.7 Å². The van der Waals surface area contributed by atoms with Gasteiger partial charge in [-0.05, 0) is 27.7 Å². The largest absolute Gasteiger partial charge is 0.337 e. The number of rotatable bonds is 1. The zero-order valence-electron chi connectivity index (χ0n) is 10.3. The summed E-state index contributed by atoms with van der Waals surface area (Å²) in [6, 6.07) is 0. The summed E-state index contributed by atoms with van der Waals surface area (Å²) >= 11 is 0. The second-order valence-electron chi connectivity index (χ2n) is 5.82. The number of hydrazone groups is 1. The minimum Gasteiger partial charge on any atom is -0.337 e. The molecule has 0 aliphatic carbocycles. The van der Waals surface area contributed by atoms with Gasteiger partial charge in [0.1, 0.15) is 0 Å². The molecule has 3 N–H and O–H groups in total. The lowest BCUT2D eigenvalue weighted by atomic mass is 9.81. The van der Waals surface area contributed by atoms with Crippen molar-refractivity contribution in [3.63, 3.8) is 0 Å². The van der Waals surface area contributed by atoms with Gasteiger partial charge in [-0.25, -0.2) is 5.43 Å². The van der Waals surface area contributed by atoms with Crippen LogP contribution in [0.1, 0.15) is 47.5 Å². The first-order valence-electron chi connectivity index (χ1n) is 5.39. The van der Waals surface area contributed by atoms with Crippen molar-refractivity contribution in [2.75, 3.05) is 0 Å². The summed E-state index contributed by atoms with van der Waals surface area (Å²) in [5.74, 6) is -0.104. The highest BCUT2D eigenvalue weighted by Gasteiger charge is 2.39. The fourth-order valence-corrected chi connectivity index (χ4v) is 2.51. The van der Waals surface area contributed by atoms with E-state index in [9.17, 15) is 4.79 Å². The zero-order valence-corrected chi connectivity index (χ0v) is 10.3. The van der Waals surface area contributed by atoms with Crippen molar-refractivity contribution in [1.29, 1.82) is 0 Å². The van der Waals surface area contributed by atoms with Crippen LogP contribution in [0.25, 0.3) is 0 Å². The van der Waals surface area contributed by atoms with Gasteiger partial charge in [0, 0.05) is 19.8 Å². The number of amides is 1. The quantitative estimate of drug-likeness (QED) is 0.607. The lowest BCUT2D eigenvalue weighted by Crippen LogP contribution is -3.05. The smallest absolute Gasteiger partial charge is 0.236 e. The predicted molar refractivity (Wildman–Crippen MR) is 60.6 cm³/mol. The van der Waals surface area contributed by atoms with Crippen molar-refractivity contribution in [2.45, 2.75) is 58.5 Å². The van der Waals surface area contributed by atoms with Crippen LogP contribution in [0.15, 0.2) is 5.10 Å². The maximum Gasteiger partial charge on any atom is 0.236 e. The van der Waals surface area contributed by atoms with Crippen molar-refractivity contribution >= 4 is 11.6 Å². The highest BCUT2D eigenvalue weighted by molar-refractivity contribution is 5.87. The van der Waals surface area contributed by atoms with E-state index in [2.05, 4.69) is 43.5 Å². The van der Waals surface area contributed by atoms with E-state index < -0.39 is 0 Å². The van der Waals surface area contributed by atoms with E-state index in [1.165, 1.54) is 6.92 Å². The molecule has 1 saturated heterocycles. The number of piperidine rings is 1. The van der Waals surface area contributed by atoms with Gasteiger partial charge in [-0.2, -0.15) is 5.10 Å². The molecule has 86 valence electrons. The molecule has 0 aromatic carbocycles. The number of nitrogens with zero attached hydrogens (tertiary/aromatic N) is 1.